The first-order valence-corrected chi connectivity index (χ1v) is 6.74. The van der Waals surface area contributed by atoms with Crippen molar-refractivity contribution in [2.24, 2.45) is 11.7 Å². The number of nitrogens with two attached hydrogens (primary N) is 1. The number of primary amides is 1. The van der Waals surface area contributed by atoms with Gasteiger partial charge in [-0.3, -0.25) is 18.7 Å². The van der Waals surface area contributed by atoms with E-state index in [4.69, 9.17) is 5.73 Å². The zero-order valence-electron chi connectivity index (χ0n) is 12.7. The number of nitrogens with zero attached hydrogens (tertiary/aromatic N) is 2. The van der Waals surface area contributed by atoms with Gasteiger partial charge in [-0.05, 0) is 19.8 Å². The normalized spacial score (nSPS) is 12.7. The van der Waals surface area contributed by atoms with E-state index in [1.165, 1.54) is 0 Å². The standard InChI is InChI=1S/C13H22N4O4/c1-7(2)11(12(14)20)17-6-10(19)16(13(17)21)5-9(18)15-8(3)4/h6-8,11,19H,5H2,1-4H3,(H2,14,20)(H,15,18). The van der Waals surface area contributed by atoms with Crippen LogP contribution in [0.3, 0.4) is 0 Å². The van der Waals surface area contributed by atoms with Crippen molar-refractivity contribution < 1.29 is 14.7 Å². The third kappa shape index (κ3) is 3.87. The summed E-state index contributed by atoms with van der Waals surface area (Å²) in [6.07, 6.45) is 1.13. The molecule has 1 atom stereocenters. The van der Waals surface area contributed by atoms with Crippen molar-refractivity contribution in [3.63, 3.8) is 0 Å². The number of imidazole rings is 1. The number of aromatic nitrogens is 2. The van der Waals surface area contributed by atoms with Gasteiger partial charge in [0.25, 0.3) is 0 Å². The van der Waals surface area contributed by atoms with Crippen LogP contribution >= 0.6 is 0 Å². The number of carbonyl (C=O) groups is 2. The average Bonchev–Trinajstić information content (AvgIpc) is 2.55. The molecule has 0 fully saturated rings. The third-order valence-electron chi connectivity index (χ3n) is 2.96. The van der Waals surface area contributed by atoms with Gasteiger partial charge in [0.05, 0.1) is 6.20 Å². The molecule has 0 bridgehead atoms. The van der Waals surface area contributed by atoms with Crippen molar-refractivity contribution in [2.45, 2.75) is 46.3 Å². The third-order valence-corrected chi connectivity index (χ3v) is 2.96. The van der Waals surface area contributed by atoms with Crippen molar-refractivity contribution in [1.29, 1.82) is 0 Å². The molecule has 1 aromatic heterocycles. The first-order chi connectivity index (χ1) is 9.65. The lowest BCUT2D eigenvalue weighted by molar-refractivity contribution is -0.122. The molecule has 0 aliphatic rings. The fraction of sp³-hybridized carbons (Fsp3) is 0.615. The summed E-state index contributed by atoms with van der Waals surface area (Å²) in [6, 6.07) is -0.954. The first kappa shape index (κ1) is 16.8. The summed E-state index contributed by atoms with van der Waals surface area (Å²) >= 11 is 0. The van der Waals surface area contributed by atoms with Gasteiger partial charge in [-0.2, -0.15) is 0 Å². The Morgan fingerprint density at radius 1 is 1.33 bits per heavy atom. The monoisotopic (exact) mass is 298 g/mol. The predicted molar refractivity (Wildman–Crippen MR) is 76.7 cm³/mol. The largest absolute Gasteiger partial charge is 0.493 e. The van der Waals surface area contributed by atoms with Gasteiger partial charge in [0.2, 0.25) is 17.7 Å². The number of nitrogens with one attached hydrogen (secondary N) is 1. The second-order valence-corrected chi connectivity index (χ2v) is 5.58. The molecule has 1 aromatic rings. The Balaban J connectivity index is 3.13. The summed E-state index contributed by atoms with van der Waals surface area (Å²) in [6.45, 7) is 6.73. The highest BCUT2D eigenvalue weighted by molar-refractivity contribution is 5.78. The lowest BCUT2D eigenvalue weighted by Gasteiger charge is -2.17. The molecule has 0 aliphatic heterocycles. The number of amides is 2. The van der Waals surface area contributed by atoms with E-state index in [0.717, 1.165) is 15.3 Å². The van der Waals surface area contributed by atoms with Gasteiger partial charge in [-0.25, -0.2) is 4.79 Å². The summed E-state index contributed by atoms with van der Waals surface area (Å²) in [5, 5.41) is 12.4. The molecule has 8 nitrogen and oxygen atoms in total. The van der Waals surface area contributed by atoms with E-state index in [1.807, 2.05) is 0 Å². The van der Waals surface area contributed by atoms with E-state index >= 15 is 0 Å². The topological polar surface area (TPSA) is 119 Å². The van der Waals surface area contributed by atoms with Gasteiger partial charge in [-0.15, -0.1) is 0 Å². The Hall–Kier alpha value is -2.25. The van der Waals surface area contributed by atoms with E-state index in [9.17, 15) is 19.5 Å². The van der Waals surface area contributed by atoms with Crippen LogP contribution in [0.1, 0.15) is 33.7 Å². The molecule has 1 rings (SSSR count). The molecule has 118 valence electrons. The van der Waals surface area contributed by atoms with Crippen LogP contribution in [-0.4, -0.2) is 32.1 Å². The second kappa shape index (κ2) is 6.47. The van der Waals surface area contributed by atoms with Crippen LogP contribution in [0.2, 0.25) is 0 Å². The summed E-state index contributed by atoms with van der Waals surface area (Å²) in [7, 11) is 0. The number of hydrogen-bond donors (Lipinski definition) is 3. The van der Waals surface area contributed by atoms with Crippen molar-refractivity contribution >= 4 is 11.8 Å². The Morgan fingerprint density at radius 2 is 1.90 bits per heavy atom. The average molecular weight is 298 g/mol. The lowest BCUT2D eigenvalue weighted by Crippen LogP contribution is -2.39. The number of hydrogen-bond acceptors (Lipinski definition) is 4. The molecule has 0 spiro atoms. The highest BCUT2D eigenvalue weighted by atomic mass is 16.3. The highest BCUT2D eigenvalue weighted by Crippen LogP contribution is 2.18. The number of carbonyl (C=O) groups excluding carboxylic acids is 2. The highest BCUT2D eigenvalue weighted by Gasteiger charge is 2.26. The van der Waals surface area contributed by atoms with E-state index in [2.05, 4.69) is 5.32 Å². The van der Waals surface area contributed by atoms with Crippen LogP contribution in [0.5, 0.6) is 5.88 Å². The Morgan fingerprint density at radius 3 is 2.33 bits per heavy atom. The SMILES string of the molecule is CC(C)NC(=O)Cn1c(O)cn(C(C(N)=O)C(C)C)c1=O. The van der Waals surface area contributed by atoms with Gasteiger partial charge in [0.15, 0.2) is 0 Å². The maximum Gasteiger partial charge on any atom is 0.332 e. The zero-order chi connectivity index (χ0) is 16.3. The quantitative estimate of drug-likeness (QED) is 0.659. The summed E-state index contributed by atoms with van der Waals surface area (Å²) in [4.78, 5) is 35.4. The minimum Gasteiger partial charge on any atom is -0.493 e. The molecule has 0 radical (unpaired) electrons. The van der Waals surface area contributed by atoms with E-state index in [0.29, 0.717) is 0 Å². The fourth-order valence-corrected chi connectivity index (χ4v) is 2.13. The van der Waals surface area contributed by atoms with Crippen LogP contribution in [0.25, 0.3) is 0 Å². The summed E-state index contributed by atoms with van der Waals surface area (Å²) in [5.41, 5.74) is 4.65. The van der Waals surface area contributed by atoms with Crippen LogP contribution in [0, 0.1) is 5.92 Å². The van der Waals surface area contributed by atoms with Gasteiger partial charge in [0, 0.05) is 6.04 Å². The number of aromatic hydroxyl groups is 1. The maximum atomic E-state index is 12.2. The Kier molecular flexibility index (Phi) is 5.17. The van der Waals surface area contributed by atoms with Crippen molar-refractivity contribution in [3.8, 4) is 5.88 Å². The number of rotatable bonds is 6. The van der Waals surface area contributed by atoms with E-state index in [1.54, 1.807) is 27.7 Å². The summed E-state index contributed by atoms with van der Waals surface area (Å²) < 4.78 is 1.96. The van der Waals surface area contributed by atoms with Crippen LogP contribution in [0.15, 0.2) is 11.0 Å². The van der Waals surface area contributed by atoms with Crippen molar-refractivity contribution in [1.82, 2.24) is 14.5 Å². The van der Waals surface area contributed by atoms with Crippen molar-refractivity contribution in [3.05, 3.63) is 16.7 Å². The van der Waals surface area contributed by atoms with Crippen LogP contribution in [0.4, 0.5) is 0 Å². The lowest BCUT2D eigenvalue weighted by atomic mass is 10.0. The Labute approximate surface area is 122 Å². The minimum absolute atomic E-state index is 0.0773. The Bertz CT molecular complexity index is 585. The molecule has 2 amide bonds. The van der Waals surface area contributed by atoms with Crippen LogP contribution in [-0.2, 0) is 16.1 Å². The molecule has 1 unspecified atom stereocenters. The van der Waals surface area contributed by atoms with Gasteiger partial charge in [0.1, 0.15) is 12.6 Å². The van der Waals surface area contributed by atoms with Gasteiger partial charge >= 0.3 is 5.69 Å². The smallest absolute Gasteiger partial charge is 0.332 e. The zero-order valence-corrected chi connectivity index (χ0v) is 12.7. The molecular formula is C13H22N4O4. The van der Waals surface area contributed by atoms with E-state index < -0.39 is 23.5 Å². The molecule has 0 aliphatic carbocycles. The molecule has 4 N–H and O–H groups in total. The second-order valence-electron chi connectivity index (χ2n) is 5.58. The molecule has 8 heteroatoms. The van der Waals surface area contributed by atoms with Gasteiger partial charge in [-0.1, -0.05) is 13.8 Å². The molecule has 1 heterocycles. The molecule has 21 heavy (non-hydrogen) atoms. The fourth-order valence-electron chi connectivity index (χ4n) is 2.13. The molecule has 0 saturated heterocycles. The first-order valence-electron chi connectivity index (χ1n) is 6.74. The van der Waals surface area contributed by atoms with E-state index in [-0.39, 0.29) is 24.4 Å². The summed E-state index contributed by atoms with van der Waals surface area (Å²) in [5.74, 6) is -1.68. The van der Waals surface area contributed by atoms with Gasteiger partial charge < -0.3 is 16.2 Å². The molecule has 0 aromatic carbocycles. The molecular weight excluding hydrogens is 276 g/mol. The predicted octanol–water partition coefficient (Wildman–Crippen LogP) is -0.438. The maximum absolute atomic E-state index is 12.2. The minimum atomic E-state index is -0.877. The van der Waals surface area contributed by atoms with Crippen molar-refractivity contribution in [2.75, 3.05) is 0 Å². The van der Waals surface area contributed by atoms with Crippen LogP contribution < -0.4 is 16.7 Å². The molecule has 0 saturated carbocycles.